The molecule has 0 radical (unpaired) electrons. The van der Waals surface area contributed by atoms with E-state index in [1.54, 1.807) is 21.3 Å². The molecular weight excluding hydrogens is 334 g/mol. The Morgan fingerprint density at radius 2 is 1.69 bits per heavy atom. The Balaban J connectivity index is 2.67. The van der Waals surface area contributed by atoms with Gasteiger partial charge in [0.2, 0.25) is 0 Å². The SMILES string of the molecule is CCNC(=NCCCOCC)NCCc1c(OC)cc(OC)cc1OC. The molecule has 0 unspecified atom stereocenters. The Kier molecular flexibility index (Phi) is 11.0. The van der Waals surface area contributed by atoms with Crippen molar-refractivity contribution in [1.29, 1.82) is 0 Å². The van der Waals surface area contributed by atoms with Crippen LogP contribution in [-0.4, -0.2) is 60.1 Å². The number of ether oxygens (including phenoxy) is 4. The van der Waals surface area contributed by atoms with E-state index in [-0.39, 0.29) is 0 Å². The first-order chi connectivity index (χ1) is 12.7. The summed E-state index contributed by atoms with van der Waals surface area (Å²) in [6, 6.07) is 3.73. The molecule has 0 saturated carbocycles. The predicted octanol–water partition coefficient (Wildman–Crippen LogP) is 2.24. The molecule has 0 atom stereocenters. The van der Waals surface area contributed by atoms with E-state index in [0.717, 1.165) is 62.2 Å². The second-order valence-corrected chi connectivity index (χ2v) is 5.50. The Bertz CT molecular complexity index is 525. The number of nitrogens with one attached hydrogen (secondary N) is 2. The Morgan fingerprint density at radius 3 is 2.23 bits per heavy atom. The van der Waals surface area contributed by atoms with Crippen LogP contribution in [0.5, 0.6) is 17.2 Å². The number of benzene rings is 1. The first-order valence-electron chi connectivity index (χ1n) is 9.08. The van der Waals surface area contributed by atoms with E-state index < -0.39 is 0 Å². The van der Waals surface area contributed by atoms with Crippen LogP contribution in [0.15, 0.2) is 17.1 Å². The van der Waals surface area contributed by atoms with Gasteiger partial charge in [0.25, 0.3) is 0 Å². The van der Waals surface area contributed by atoms with Gasteiger partial charge < -0.3 is 29.6 Å². The summed E-state index contributed by atoms with van der Waals surface area (Å²) in [4.78, 5) is 4.56. The monoisotopic (exact) mass is 367 g/mol. The van der Waals surface area contributed by atoms with Crippen molar-refractivity contribution < 1.29 is 18.9 Å². The van der Waals surface area contributed by atoms with Crippen molar-refractivity contribution in [3.8, 4) is 17.2 Å². The Morgan fingerprint density at radius 1 is 1.00 bits per heavy atom. The fourth-order valence-corrected chi connectivity index (χ4v) is 2.47. The van der Waals surface area contributed by atoms with Crippen LogP contribution in [0.4, 0.5) is 0 Å². The van der Waals surface area contributed by atoms with Gasteiger partial charge in [0.05, 0.1) is 21.3 Å². The van der Waals surface area contributed by atoms with E-state index in [4.69, 9.17) is 18.9 Å². The normalized spacial score (nSPS) is 11.2. The van der Waals surface area contributed by atoms with Crippen molar-refractivity contribution in [3.63, 3.8) is 0 Å². The van der Waals surface area contributed by atoms with Gasteiger partial charge in [-0.15, -0.1) is 0 Å². The van der Waals surface area contributed by atoms with E-state index in [1.165, 1.54) is 0 Å². The highest BCUT2D eigenvalue weighted by molar-refractivity contribution is 5.79. The molecule has 0 aliphatic rings. The maximum atomic E-state index is 5.49. The van der Waals surface area contributed by atoms with Crippen LogP contribution in [0.2, 0.25) is 0 Å². The predicted molar refractivity (Wildman–Crippen MR) is 105 cm³/mol. The molecule has 0 aliphatic heterocycles. The third-order valence-corrected chi connectivity index (χ3v) is 3.75. The smallest absolute Gasteiger partial charge is 0.191 e. The summed E-state index contributed by atoms with van der Waals surface area (Å²) in [5, 5.41) is 6.60. The lowest BCUT2D eigenvalue weighted by Crippen LogP contribution is -2.38. The zero-order chi connectivity index (χ0) is 19.2. The lowest BCUT2D eigenvalue weighted by atomic mass is 10.1. The Labute approximate surface area is 157 Å². The maximum absolute atomic E-state index is 5.49. The molecule has 7 nitrogen and oxygen atoms in total. The number of rotatable bonds is 12. The summed E-state index contributed by atoms with van der Waals surface area (Å²) in [6.07, 6.45) is 1.64. The molecule has 0 saturated heterocycles. The molecule has 1 aromatic rings. The van der Waals surface area contributed by atoms with Gasteiger partial charge in [-0.2, -0.15) is 0 Å². The minimum Gasteiger partial charge on any atom is -0.496 e. The zero-order valence-corrected chi connectivity index (χ0v) is 16.7. The van der Waals surface area contributed by atoms with Crippen LogP contribution < -0.4 is 24.8 Å². The molecule has 148 valence electrons. The van der Waals surface area contributed by atoms with Crippen LogP contribution in [0.25, 0.3) is 0 Å². The third-order valence-electron chi connectivity index (χ3n) is 3.75. The molecule has 26 heavy (non-hydrogen) atoms. The highest BCUT2D eigenvalue weighted by atomic mass is 16.5. The van der Waals surface area contributed by atoms with Crippen LogP contribution in [0, 0.1) is 0 Å². The molecule has 0 aromatic heterocycles. The molecule has 0 amide bonds. The highest BCUT2D eigenvalue weighted by Gasteiger charge is 2.13. The van der Waals surface area contributed by atoms with Crippen LogP contribution in [0.1, 0.15) is 25.8 Å². The van der Waals surface area contributed by atoms with Gasteiger partial charge in [0.1, 0.15) is 17.2 Å². The van der Waals surface area contributed by atoms with E-state index >= 15 is 0 Å². The van der Waals surface area contributed by atoms with Crippen LogP contribution in [-0.2, 0) is 11.2 Å². The van der Waals surface area contributed by atoms with Gasteiger partial charge in [0.15, 0.2) is 5.96 Å². The lowest BCUT2D eigenvalue weighted by Gasteiger charge is -2.16. The van der Waals surface area contributed by atoms with Gasteiger partial charge in [-0.1, -0.05) is 0 Å². The number of methoxy groups -OCH3 is 3. The molecule has 0 fully saturated rings. The topological polar surface area (TPSA) is 73.3 Å². The fraction of sp³-hybridized carbons (Fsp3) is 0.632. The van der Waals surface area contributed by atoms with Crippen LogP contribution >= 0.6 is 0 Å². The van der Waals surface area contributed by atoms with E-state index in [1.807, 2.05) is 26.0 Å². The van der Waals surface area contributed by atoms with Crippen molar-refractivity contribution in [2.24, 2.45) is 4.99 Å². The maximum Gasteiger partial charge on any atom is 0.191 e. The first kappa shape index (κ1) is 21.9. The number of hydrogen-bond donors (Lipinski definition) is 2. The second-order valence-electron chi connectivity index (χ2n) is 5.50. The summed E-state index contributed by atoms with van der Waals surface area (Å²) in [5.74, 6) is 3.01. The van der Waals surface area contributed by atoms with Crippen molar-refractivity contribution in [2.75, 3.05) is 54.2 Å². The summed E-state index contributed by atoms with van der Waals surface area (Å²) in [5.41, 5.74) is 0.996. The largest absolute Gasteiger partial charge is 0.496 e. The average Bonchev–Trinajstić information content (AvgIpc) is 2.67. The summed E-state index contributed by atoms with van der Waals surface area (Å²) in [6.45, 7) is 7.77. The standard InChI is InChI=1S/C19H33N3O4/c1-6-20-19(21-10-8-12-26-7-2)22-11-9-16-17(24-4)13-15(23-3)14-18(16)25-5/h13-14H,6-12H2,1-5H3,(H2,20,21,22). The number of hydrogen-bond acceptors (Lipinski definition) is 5. The van der Waals surface area contributed by atoms with Gasteiger partial charge in [0, 0.05) is 50.5 Å². The van der Waals surface area contributed by atoms with Gasteiger partial charge in [-0.3, -0.25) is 4.99 Å². The second kappa shape index (κ2) is 13.1. The Hall–Kier alpha value is -2.15. The third kappa shape index (κ3) is 7.39. The molecule has 0 bridgehead atoms. The highest BCUT2D eigenvalue weighted by Crippen LogP contribution is 2.34. The molecule has 7 heteroatoms. The lowest BCUT2D eigenvalue weighted by molar-refractivity contribution is 0.146. The zero-order valence-electron chi connectivity index (χ0n) is 16.7. The van der Waals surface area contributed by atoms with Gasteiger partial charge in [-0.05, 0) is 26.7 Å². The van der Waals surface area contributed by atoms with Crippen molar-refractivity contribution in [1.82, 2.24) is 10.6 Å². The average molecular weight is 367 g/mol. The van der Waals surface area contributed by atoms with Crippen molar-refractivity contribution >= 4 is 5.96 Å². The molecular formula is C19H33N3O4. The molecule has 0 spiro atoms. The summed E-state index contributed by atoms with van der Waals surface area (Å²) in [7, 11) is 4.92. The van der Waals surface area contributed by atoms with Crippen LogP contribution in [0.3, 0.4) is 0 Å². The first-order valence-corrected chi connectivity index (χ1v) is 9.08. The van der Waals surface area contributed by atoms with Gasteiger partial charge in [-0.25, -0.2) is 0 Å². The number of aliphatic imine (C=N–C) groups is 1. The van der Waals surface area contributed by atoms with Gasteiger partial charge >= 0.3 is 0 Å². The molecule has 1 rings (SSSR count). The van der Waals surface area contributed by atoms with Crippen molar-refractivity contribution in [3.05, 3.63) is 17.7 Å². The number of guanidine groups is 1. The molecule has 2 N–H and O–H groups in total. The van der Waals surface area contributed by atoms with E-state index in [2.05, 4.69) is 15.6 Å². The molecule has 0 aliphatic carbocycles. The summed E-state index contributed by atoms with van der Waals surface area (Å²) < 4.78 is 21.6. The quantitative estimate of drug-likeness (QED) is 0.335. The van der Waals surface area contributed by atoms with E-state index in [0.29, 0.717) is 12.3 Å². The number of nitrogens with zero attached hydrogens (tertiary/aromatic N) is 1. The molecule has 1 aromatic carbocycles. The summed E-state index contributed by atoms with van der Waals surface area (Å²) >= 11 is 0. The van der Waals surface area contributed by atoms with Crippen molar-refractivity contribution in [2.45, 2.75) is 26.7 Å². The fourth-order valence-electron chi connectivity index (χ4n) is 2.47. The minimum absolute atomic E-state index is 0.705. The molecule has 0 heterocycles. The van der Waals surface area contributed by atoms with E-state index in [9.17, 15) is 0 Å². The minimum atomic E-state index is 0.705.